The maximum Gasteiger partial charge on any atom is 0.123 e. The van der Waals surface area contributed by atoms with Gasteiger partial charge in [0.2, 0.25) is 0 Å². The number of benzene rings is 1. The van der Waals surface area contributed by atoms with Crippen LogP contribution < -0.4 is 10.5 Å². The number of hydrogen-bond donors (Lipinski definition) is 1. The lowest BCUT2D eigenvalue weighted by atomic mass is 9.70. The minimum absolute atomic E-state index is 0.204. The Morgan fingerprint density at radius 3 is 2.79 bits per heavy atom. The molecule has 2 nitrogen and oxygen atoms in total. The van der Waals surface area contributed by atoms with Crippen LogP contribution in [0.4, 0.5) is 0 Å². The van der Waals surface area contributed by atoms with Crippen molar-refractivity contribution in [3.05, 3.63) is 29.8 Å². The van der Waals surface area contributed by atoms with E-state index in [-0.39, 0.29) is 5.54 Å². The quantitative estimate of drug-likeness (QED) is 0.886. The van der Waals surface area contributed by atoms with Crippen LogP contribution in [0.1, 0.15) is 51.5 Å². The fraction of sp³-hybridized carbons (Fsp3) is 0.647. The fourth-order valence-corrected chi connectivity index (χ4v) is 3.59. The van der Waals surface area contributed by atoms with Gasteiger partial charge in [-0.15, -0.1) is 0 Å². The molecule has 1 aliphatic carbocycles. The van der Waals surface area contributed by atoms with Crippen molar-refractivity contribution in [1.82, 2.24) is 0 Å². The molecule has 0 amide bonds. The average molecular weight is 261 g/mol. The van der Waals surface area contributed by atoms with Crippen molar-refractivity contribution in [3.8, 4) is 5.75 Å². The minimum Gasteiger partial charge on any atom is -0.496 e. The lowest BCUT2D eigenvalue weighted by Crippen LogP contribution is -2.42. The van der Waals surface area contributed by atoms with Gasteiger partial charge in [0.15, 0.2) is 0 Å². The Morgan fingerprint density at radius 1 is 1.37 bits per heavy atom. The summed E-state index contributed by atoms with van der Waals surface area (Å²) in [5, 5.41) is 0. The zero-order chi connectivity index (χ0) is 13.9. The van der Waals surface area contributed by atoms with Crippen LogP contribution in [0, 0.1) is 11.8 Å². The van der Waals surface area contributed by atoms with Gasteiger partial charge in [-0.1, -0.05) is 44.9 Å². The first-order chi connectivity index (χ1) is 9.05. The summed E-state index contributed by atoms with van der Waals surface area (Å²) in [7, 11) is 1.73. The third kappa shape index (κ3) is 3.30. The summed E-state index contributed by atoms with van der Waals surface area (Å²) < 4.78 is 5.50. The number of rotatable bonds is 4. The predicted molar refractivity (Wildman–Crippen MR) is 80.3 cm³/mol. The molecule has 19 heavy (non-hydrogen) atoms. The Labute approximate surface area is 117 Å². The lowest BCUT2D eigenvalue weighted by molar-refractivity contribution is 0.198. The number of para-hydroxylation sites is 1. The highest BCUT2D eigenvalue weighted by molar-refractivity contribution is 5.39. The summed E-state index contributed by atoms with van der Waals surface area (Å²) in [6.07, 6.45) is 6.00. The van der Waals surface area contributed by atoms with E-state index >= 15 is 0 Å². The molecule has 0 saturated heterocycles. The Kier molecular flexibility index (Phi) is 4.51. The van der Waals surface area contributed by atoms with Gasteiger partial charge in [0, 0.05) is 11.1 Å². The Balaban J connectivity index is 2.21. The van der Waals surface area contributed by atoms with E-state index in [4.69, 9.17) is 10.5 Å². The molecule has 1 aromatic carbocycles. The molecule has 1 saturated carbocycles. The summed E-state index contributed by atoms with van der Waals surface area (Å²) in [6.45, 7) is 4.60. The molecule has 1 aliphatic rings. The van der Waals surface area contributed by atoms with Gasteiger partial charge in [0.05, 0.1) is 7.11 Å². The van der Waals surface area contributed by atoms with Gasteiger partial charge in [-0.3, -0.25) is 0 Å². The van der Waals surface area contributed by atoms with Crippen molar-refractivity contribution in [2.24, 2.45) is 17.6 Å². The number of methoxy groups -OCH3 is 1. The fourth-order valence-electron chi connectivity index (χ4n) is 3.59. The second kappa shape index (κ2) is 5.96. The first-order valence-electron chi connectivity index (χ1n) is 7.47. The Morgan fingerprint density at radius 2 is 2.11 bits per heavy atom. The largest absolute Gasteiger partial charge is 0.496 e. The number of hydrogen-bond acceptors (Lipinski definition) is 2. The second-order valence-electron chi connectivity index (χ2n) is 6.45. The highest BCUT2D eigenvalue weighted by Crippen LogP contribution is 2.43. The van der Waals surface area contributed by atoms with Crippen molar-refractivity contribution in [2.75, 3.05) is 7.11 Å². The van der Waals surface area contributed by atoms with Crippen molar-refractivity contribution in [2.45, 2.75) is 51.5 Å². The summed E-state index contributed by atoms with van der Waals surface area (Å²) in [5.74, 6) is 2.45. The van der Waals surface area contributed by atoms with Gasteiger partial charge in [-0.25, -0.2) is 0 Å². The smallest absolute Gasteiger partial charge is 0.123 e. The minimum atomic E-state index is -0.204. The van der Waals surface area contributed by atoms with E-state index in [0.717, 1.165) is 30.4 Å². The van der Waals surface area contributed by atoms with Crippen LogP contribution >= 0.6 is 0 Å². The lowest BCUT2D eigenvalue weighted by Gasteiger charge is -2.39. The normalized spacial score (nSPS) is 27.5. The highest BCUT2D eigenvalue weighted by atomic mass is 16.5. The molecule has 2 atom stereocenters. The van der Waals surface area contributed by atoms with Gasteiger partial charge < -0.3 is 10.5 Å². The van der Waals surface area contributed by atoms with E-state index in [9.17, 15) is 0 Å². The molecule has 0 heterocycles. The highest BCUT2D eigenvalue weighted by Gasteiger charge is 2.36. The molecule has 0 bridgehead atoms. The van der Waals surface area contributed by atoms with Crippen LogP contribution in [-0.4, -0.2) is 7.11 Å². The topological polar surface area (TPSA) is 35.2 Å². The van der Waals surface area contributed by atoms with Crippen LogP contribution in [0.5, 0.6) is 5.75 Å². The maximum atomic E-state index is 6.74. The molecule has 0 spiro atoms. The van der Waals surface area contributed by atoms with Crippen molar-refractivity contribution >= 4 is 0 Å². The van der Waals surface area contributed by atoms with Gasteiger partial charge in [-0.05, 0) is 37.2 Å². The molecule has 106 valence electrons. The van der Waals surface area contributed by atoms with Gasteiger partial charge in [0.1, 0.15) is 5.75 Å². The van der Waals surface area contributed by atoms with Crippen LogP contribution in [0.15, 0.2) is 24.3 Å². The molecule has 1 aromatic rings. The molecule has 2 unspecified atom stereocenters. The van der Waals surface area contributed by atoms with Gasteiger partial charge >= 0.3 is 0 Å². The summed E-state index contributed by atoms with van der Waals surface area (Å²) in [5.41, 5.74) is 7.72. The molecule has 1 fully saturated rings. The first kappa shape index (κ1) is 14.4. The third-order valence-corrected chi connectivity index (χ3v) is 4.34. The molecular formula is C17H27NO. The van der Waals surface area contributed by atoms with Crippen LogP contribution in [0.25, 0.3) is 0 Å². The van der Waals surface area contributed by atoms with Crippen molar-refractivity contribution in [3.63, 3.8) is 0 Å². The van der Waals surface area contributed by atoms with Gasteiger partial charge in [0.25, 0.3) is 0 Å². The molecule has 2 N–H and O–H groups in total. The van der Waals surface area contributed by atoms with E-state index in [1.807, 2.05) is 12.1 Å². The van der Waals surface area contributed by atoms with E-state index < -0.39 is 0 Å². The Hall–Kier alpha value is -1.02. The van der Waals surface area contributed by atoms with Crippen LogP contribution in [-0.2, 0) is 5.54 Å². The average Bonchev–Trinajstić information content (AvgIpc) is 2.38. The molecule has 0 radical (unpaired) electrons. The van der Waals surface area contributed by atoms with Gasteiger partial charge in [-0.2, -0.15) is 0 Å². The predicted octanol–water partition coefficient (Wildman–Crippen LogP) is 4.09. The van der Waals surface area contributed by atoms with E-state index in [0.29, 0.717) is 0 Å². The zero-order valence-electron chi connectivity index (χ0n) is 12.5. The number of ether oxygens (including phenoxy) is 1. The van der Waals surface area contributed by atoms with E-state index in [1.54, 1.807) is 7.11 Å². The third-order valence-electron chi connectivity index (χ3n) is 4.34. The summed E-state index contributed by atoms with van der Waals surface area (Å²) >= 11 is 0. The SMILES string of the molecule is COc1ccccc1C1(N)CCCC(CC(C)C)C1. The standard InChI is InChI=1S/C17H27NO/c1-13(2)11-14-7-6-10-17(18,12-14)15-8-4-5-9-16(15)19-3/h4-5,8-9,13-14H,6-7,10-12,18H2,1-3H3. The molecule has 0 aromatic heterocycles. The molecule has 0 aliphatic heterocycles. The number of nitrogens with two attached hydrogens (primary N) is 1. The van der Waals surface area contributed by atoms with Crippen LogP contribution in [0.3, 0.4) is 0 Å². The molecule has 2 heteroatoms. The van der Waals surface area contributed by atoms with E-state index in [1.165, 1.54) is 24.8 Å². The molecular weight excluding hydrogens is 234 g/mol. The van der Waals surface area contributed by atoms with Crippen molar-refractivity contribution < 1.29 is 4.74 Å². The Bertz CT molecular complexity index is 415. The van der Waals surface area contributed by atoms with Crippen molar-refractivity contribution in [1.29, 1.82) is 0 Å². The monoisotopic (exact) mass is 261 g/mol. The molecule has 2 rings (SSSR count). The summed E-state index contributed by atoms with van der Waals surface area (Å²) in [6, 6.07) is 8.24. The first-order valence-corrected chi connectivity index (χ1v) is 7.47. The van der Waals surface area contributed by atoms with E-state index in [2.05, 4.69) is 26.0 Å². The van der Waals surface area contributed by atoms with Crippen LogP contribution in [0.2, 0.25) is 0 Å². The maximum absolute atomic E-state index is 6.74. The zero-order valence-corrected chi connectivity index (χ0v) is 12.5. The summed E-state index contributed by atoms with van der Waals surface area (Å²) in [4.78, 5) is 0. The second-order valence-corrected chi connectivity index (χ2v) is 6.45.